The largest absolute Gasteiger partial charge is 0.358 e. The highest BCUT2D eigenvalue weighted by Gasteiger charge is 2.19. The van der Waals surface area contributed by atoms with E-state index in [4.69, 9.17) is 0 Å². The van der Waals surface area contributed by atoms with Crippen molar-refractivity contribution in [1.82, 2.24) is 10.3 Å². The number of benzene rings is 1. The van der Waals surface area contributed by atoms with E-state index >= 15 is 0 Å². The average molecular weight is 200 g/mol. The van der Waals surface area contributed by atoms with E-state index in [9.17, 15) is 0 Å². The summed E-state index contributed by atoms with van der Waals surface area (Å²) in [4.78, 5) is 3.54. The first kappa shape index (κ1) is 8.98. The number of para-hydroxylation sites is 1. The van der Waals surface area contributed by atoms with Crippen molar-refractivity contribution in [3.63, 3.8) is 0 Å². The van der Waals surface area contributed by atoms with E-state index in [0.29, 0.717) is 6.04 Å². The van der Waals surface area contributed by atoms with Crippen molar-refractivity contribution in [3.05, 3.63) is 35.5 Å². The van der Waals surface area contributed by atoms with Gasteiger partial charge in [0.2, 0.25) is 0 Å². The topological polar surface area (TPSA) is 27.8 Å². The Balaban J connectivity index is 2.12. The van der Waals surface area contributed by atoms with Crippen molar-refractivity contribution in [2.24, 2.45) is 0 Å². The third-order valence-corrected chi connectivity index (χ3v) is 3.41. The predicted octanol–water partition coefficient (Wildman–Crippen LogP) is 2.59. The minimum absolute atomic E-state index is 0.644. The minimum atomic E-state index is 0.644. The second kappa shape index (κ2) is 3.38. The van der Waals surface area contributed by atoms with Crippen LogP contribution in [-0.2, 0) is 13.0 Å². The molecule has 1 aliphatic rings. The number of H-pyrrole nitrogens is 1. The SMILES string of the molecule is CCC1Cc2[nH]c3ccccc3c2CN1. The van der Waals surface area contributed by atoms with Crippen LogP contribution in [0.1, 0.15) is 24.6 Å². The fourth-order valence-electron chi connectivity index (χ4n) is 2.49. The van der Waals surface area contributed by atoms with Gasteiger partial charge in [0.05, 0.1) is 0 Å². The van der Waals surface area contributed by atoms with E-state index in [-0.39, 0.29) is 0 Å². The summed E-state index contributed by atoms with van der Waals surface area (Å²) in [5.41, 5.74) is 4.18. The van der Waals surface area contributed by atoms with Crippen LogP contribution in [0.15, 0.2) is 24.3 Å². The summed E-state index contributed by atoms with van der Waals surface area (Å²) in [6.45, 7) is 3.25. The molecule has 1 aliphatic heterocycles. The number of hydrogen-bond donors (Lipinski definition) is 2. The van der Waals surface area contributed by atoms with E-state index in [0.717, 1.165) is 13.0 Å². The highest BCUT2D eigenvalue weighted by molar-refractivity contribution is 5.84. The smallest absolute Gasteiger partial charge is 0.0459 e. The summed E-state index contributed by atoms with van der Waals surface area (Å²) in [6.07, 6.45) is 2.34. The van der Waals surface area contributed by atoms with Gasteiger partial charge >= 0.3 is 0 Å². The molecule has 1 aromatic heterocycles. The fourth-order valence-corrected chi connectivity index (χ4v) is 2.49. The molecule has 0 bridgehead atoms. The maximum atomic E-state index is 3.58. The van der Waals surface area contributed by atoms with Gasteiger partial charge in [0.1, 0.15) is 0 Å². The Hall–Kier alpha value is -1.28. The number of fused-ring (bicyclic) bond motifs is 3. The van der Waals surface area contributed by atoms with Crippen LogP contribution in [-0.4, -0.2) is 11.0 Å². The molecule has 0 radical (unpaired) electrons. The van der Waals surface area contributed by atoms with E-state index < -0.39 is 0 Å². The molecule has 2 nitrogen and oxygen atoms in total. The van der Waals surface area contributed by atoms with Gasteiger partial charge in [0, 0.05) is 35.6 Å². The average Bonchev–Trinajstić information content (AvgIpc) is 2.66. The molecule has 2 aromatic rings. The van der Waals surface area contributed by atoms with Crippen LogP contribution in [0, 0.1) is 0 Å². The molecule has 1 unspecified atom stereocenters. The van der Waals surface area contributed by atoms with E-state index in [2.05, 4.69) is 41.5 Å². The summed E-state index contributed by atoms with van der Waals surface area (Å²) in [6, 6.07) is 9.22. The van der Waals surface area contributed by atoms with Gasteiger partial charge in [0.15, 0.2) is 0 Å². The predicted molar refractivity (Wildman–Crippen MR) is 62.9 cm³/mol. The highest BCUT2D eigenvalue weighted by atomic mass is 14.9. The maximum Gasteiger partial charge on any atom is 0.0459 e. The first-order chi connectivity index (χ1) is 7.38. The molecule has 78 valence electrons. The second-order valence-electron chi connectivity index (χ2n) is 4.32. The summed E-state index contributed by atoms with van der Waals surface area (Å²) in [5.74, 6) is 0. The molecule has 2 heterocycles. The molecule has 2 heteroatoms. The first-order valence-corrected chi connectivity index (χ1v) is 5.70. The molecule has 3 rings (SSSR count). The zero-order valence-electron chi connectivity index (χ0n) is 9.01. The lowest BCUT2D eigenvalue weighted by molar-refractivity contribution is 0.465. The highest BCUT2D eigenvalue weighted by Crippen LogP contribution is 2.26. The van der Waals surface area contributed by atoms with Crippen LogP contribution < -0.4 is 5.32 Å². The van der Waals surface area contributed by atoms with Gasteiger partial charge < -0.3 is 10.3 Å². The van der Waals surface area contributed by atoms with Crippen molar-refractivity contribution in [2.75, 3.05) is 0 Å². The van der Waals surface area contributed by atoms with Crippen molar-refractivity contribution < 1.29 is 0 Å². The van der Waals surface area contributed by atoms with Gasteiger partial charge in [-0.15, -0.1) is 0 Å². The summed E-state index contributed by atoms with van der Waals surface area (Å²) < 4.78 is 0. The number of hydrogen-bond acceptors (Lipinski definition) is 1. The molecule has 0 fully saturated rings. The lowest BCUT2D eigenvalue weighted by atomic mass is 9.99. The Bertz CT molecular complexity index is 484. The van der Waals surface area contributed by atoms with Crippen LogP contribution in [0.2, 0.25) is 0 Å². The number of aromatic amines is 1. The number of aromatic nitrogens is 1. The first-order valence-electron chi connectivity index (χ1n) is 5.70. The monoisotopic (exact) mass is 200 g/mol. The van der Waals surface area contributed by atoms with E-state index in [1.54, 1.807) is 0 Å². The summed E-state index contributed by atoms with van der Waals surface area (Å²) in [7, 11) is 0. The third-order valence-electron chi connectivity index (χ3n) is 3.41. The van der Waals surface area contributed by atoms with Crippen LogP contribution >= 0.6 is 0 Å². The Morgan fingerprint density at radius 2 is 2.20 bits per heavy atom. The molecule has 0 spiro atoms. The molecular formula is C13H16N2. The van der Waals surface area contributed by atoms with Gasteiger partial charge in [-0.05, 0) is 18.1 Å². The molecule has 0 aliphatic carbocycles. The Kier molecular flexibility index (Phi) is 2.03. The lowest BCUT2D eigenvalue weighted by Crippen LogP contribution is -2.34. The standard InChI is InChI=1S/C13H16N2/c1-2-9-7-13-11(8-14-9)10-5-3-4-6-12(10)15-13/h3-6,9,14-15H,2,7-8H2,1H3. The quantitative estimate of drug-likeness (QED) is 0.727. The third kappa shape index (κ3) is 1.37. The second-order valence-corrected chi connectivity index (χ2v) is 4.32. The van der Waals surface area contributed by atoms with Gasteiger partial charge in [-0.1, -0.05) is 25.1 Å². The molecule has 0 saturated heterocycles. The van der Waals surface area contributed by atoms with Gasteiger partial charge in [-0.3, -0.25) is 0 Å². The van der Waals surface area contributed by atoms with E-state index in [1.165, 1.54) is 28.6 Å². The van der Waals surface area contributed by atoms with Crippen molar-refractivity contribution in [2.45, 2.75) is 32.4 Å². The van der Waals surface area contributed by atoms with Crippen LogP contribution in [0.5, 0.6) is 0 Å². The summed E-state index contributed by atoms with van der Waals surface area (Å²) >= 11 is 0. The van der Waals surface area contributed by atoms with Crippen LogP contribution in [0.4, 0.5) is 0 Å². The van der Waals surface area contributed by atoms with Gasteiger partial charge in [-0.2, -0.15) is 0 Å². The van der Waals surface area contributed by atoms with Gasteiger partial charge in [0.25, 0.3) is 0 Å². The fraction of sp³-hybridized carbons (Fsp3) is 0.385. The maximum absolute atomic E-state index is 3.58. The van der Waals surface area contributed by atoms with Crippen molar-refractivity contribution in [3.8, 4) is 0 Å². The molecule has 0 saturated carbocycles. The van der Waals surface area contributed by atoms with Crippen LogP contribution in [0.3, 0.4) is 0 Å². The van der Waals surface area contributed by atoms with Crippen molar-refractivity contribution >= 4 is 10.9 Å². The summed E-state index contributed by atoms with van der Waals surface area (Å²) in [5, 5.41) is 4.97. The van der Waals surface area contributed by atoms with Crippen molar-refractivity contribution in [1.29, 1.82) is 0 Å². The molecule has 0 amide bonds. The molecule has 2 N–H and O–H groups in total. The zero-order chi connectivity index (χ0) is 10.3. The lowest BCUT2D eigenvalue weighted by Gasteiger charge is -2.22. The molecule has 15 heavy (non-hydrogen) atoms. The molecular weight excluding hydrogens is 184 g/mol. The minimum Gasteiger partial charge on any atom is -0.358 e. The number of nitrogens with one attached hydrogen (secondary N) is 2. The zero-order valence-corrected chi connectivity index (χ0v) is 9.01. The van der Waals surface area contributed by atoms with Gasteiger partial charge in [-0.25, -0.2) is 0 Å². The molecule has 1 atom stereocenters. The Labute approximate surface area is 89.7 Å². The van der Waals surface area contributed by atoms with E-state index in [1.807, 2.05) is 0 Å². The number of rotatable bonds is 1. The Morgan fingerprint density at radius 1 is 1.33 bits per heavy atom. The molecule has 1 aromatic carbocycles. The normalized spacial score (nSPS) is 20.5. The Morgan fingerprint density at radius 3 is 3.07 bits per heavy atom. The van der Waals surface area contributed by atoms with Crippen LogP contribution in [0.25, 0.3) is 10.9 Å².